The van der Waals surface area contributed by atoms with Crippen molar-refractivity contribution >= 4 is 6.03 Å². The van der Waals surface area contributed by atoms with E-state index in [1.165, 1.54) is 0 Å². The van der Waals surface area contributed by atoms with Crippen molar-refractivity contribution in [2.45, 2.75) is 58.7 Å². The Hall–Kier alpha value is -1.82. The van der Waals surface area contributed by atoms with Gasteiger partial charge in [-0.25, -0.2) is 4.79 Å². The van der Waals surface area contributed by atoms with Crippen LogP contribution in [-0.4, -0.2) is 35.9 Å². The smallest absolute Gasteiger partial charge is 0.315 e. The van der Waals surface area contributed by atoms with Crippen LogP contribution >= 0.6 is 0 Å². The zero-order valence-electron chi connectivity index (χ0n) is 15.4. The first-order valence-electron chi connectivity index (χ1n) is 9.23. The Morgan fingerprint density at radius 2 is 2.16 bits per heavy atom. The van der Waals surface area contributed by atoms with Gasteiger partial charge < -0.3 is 19.9 Å². The van der Waals surface area contributed by atoms with E-state index in [2.05, 4.69) is 24.5 Å². The van der Waals surface area contributed by atoms with Gasteiger partial charge in [-0.3, -0.25) is 4.79 Å². The van der Waals surface area contributed by atoms with Crippen molar-refractivity contribution < 1.29 is 9.53 Å². The summed E-state index contributed by atoms with van der Waals surface area (Å²) in [6, 6.07) is 5.39. The number of amides is 2. The quantitative estimate of drug-likeness (QED) is 0.774. The number of aryl methyl sites for hydroxylation is 1. The molecule has 0 radical (unpaired) electrons. The predicted molar refractivity (Wildman–Crippen MR) is 96.6 cm³/mol. The van der Waals surface area contributed by atoms with Gasteiger partial charge in [0.2, 0.25) is 0 Å². The third-order valence-electron chi connectivity index (χ3n) is 5.75. The van der Waals surface area contributed by atoms with Gasteiger partial charge in [-0.05, 0) is 32.3 Å². The molecule has 1 saturated heterocycles. The highest BCUT2D eigenvalue weighted by molar-refractivity contribution is 5.74. The molecule has 138 valence electrons. The second-order valence-electron chi connectivity index (χ2n) is 7.81. The summed E-state index contributed by atoms with van der Waals surface area (Å²) >= 11 is 0. The van der Waals surface area contributed by atoms with E-state index < -0.39 is 0 Å². The third kappa shape index (κ3) is 3.59. The van der Waals surface area contributed by atoms with Gasteiger partial charge in [0.1, 0.15) is 0 Å². The molecule has 2 N–H and O–H groups in total. The lowest BCUT2D eigenvalue weighted by Gasteiger charge is -2.54. The van der Waals surface area contributed by atoms with Crippen LogP contribution in [0.2, 0.25) is 0 Å². The van der Waals surface area contributed by atoms with Crippen LogP contribution in [0.4, 0.5) is 4.79 Å². The summed E-state index contributed by atoms with van der Waals surface area (Å²) in [6.45, 7) is 8.36. The molecule has 1 aromatic rings. The molecule has 2 amide bonds. The fourth-order valence-electron chi connectivity index (χ4n) is 4.32. The molecule has 1 aromatic heterocycles. The van der Waals surface area contributed by atoms with Crippen LogP contribution in [0.3, 0.4) is 0 Å². The van der Waals surface area contributed by atoms with E-state index >= 15 is 0 Å². The lowest BCUT2D eigenvalue weighted by molar-refractivity contribution is -0.108. The number of rotatable bonds is 6. The van der Waals surface area contributed by atoms with Crippen molar-refractivity contribution in [2.24, 2.45) is 11.3 Å². The van der Waals surface area contributed by atoms with E-state index in [0.717, 1.165) is 31.6 Å². The summed E-state index contributed by atoms with van der Waals surface area (Å²) in [5.74, 6) is 0.452. The normalized spacial score (nSPS) is 26.6. The molecule has 0 bridgehead atoms. The minimum atomic E-state index is -0.100. The zero-order chi connectivity index (χ0) is 18.0. The number of urea groups is 1. The van der Waals surface area contributed by atoms with Gasteiger partial charge >= 0.3 is 6.03 Å². The highest BCUT2D eigenvalue weighted by Gasteiger charge is 2.59. The van der Waals surface area contributed by atoms with E-state index in [1.54, 1.807) is 16.7 Å². The summed E-state index contributed by atoms with van der Waals surface area (Å²) in [5.41, 5.74) is 1.01. The summed E-state index contributed by atoms with van der Waals surface area (Å²) < 4.78 is 7.53. The Kier molecular flexibility index (Phi) is 5.18. The number of hydrogen-bond donors (Lipinski definition) is 2. The van der Waals surface area contributed by atoms with Crippen molar-refractivity contribution in [2.75, 3.05) is 13.2 Å². The number of pyridine rings is 1. The maximum Gasteiger partial charge on any atom is 0.315 e. The maximum atomic E-state index is 12.1. The fraction of sp³-hybridized carbons (Fsp3) is 0.684. The van der Waals surface area contributed by atoms with Crippen LogP contribution in [0, 0.1) is 18.3 Å². The Morgan fingerprint density at radius 1 is 1.36 bits per heavy atom. The van der Waals surface area contributed by atoms with Crippen molar-refractivity contribution in [3.63, 3.8) is 0 Å². The second-order valence-corrected chi connectivity index (χ2v) is 7.81. The number of aromatic nitrogens is 1. The van der Waals surface area contributed by atoms with Crippen LogP contribution in [0.15, 0.2) is 23.0 Å². The third-order valence-corrected chi connectivity index (χ3v) is 5.75. The minimum absolute atomic E-state index is 0.00447. The van der Waals surface area contributed by atoms with Gasteiger partial charge in [-0.1, -0.05) is 19.9 Å². The molecule has 2 heterocycles. The number of unbranched alkanes of at least 4 members (excludes halogenated alkanes) is 1. The molecule has 1 saturated carbocycles. The number of nitrogens with one attached hydrogen (secondary N) is 2. The first kappa shape index (κ1) is 18.0. The number of nitrogens with zero attached hydrogens (tertiary/aromatic N) is 1. The lowest BCUT2D eigenvalue weighted by Crippen LogP contribution is -2.67. The Labute approximate surface area is 148 Å². The van der Waals surface area contributed by atoms with E-state index in [4.69, 9.17) is 4.74 Å². The minimum Gasteiger partial charge on any atom is -0.377 e. The Morgan fingerprint density at radius 3 is 2.92 bits per heavy atom. The number of hydrogen-bond acceptors (Lipinski definition) is 3. The summed E-state index contributed by atoms with van der Waals surface area (Å²) in [4.78, 5) is 23.9. The van der Waals surface area contributed by atoms with E-state index in [-0.39, 0.29) is 29.2 Å². The molecule has 0 spiro atoms. The Balaban J connectivity index is 1.37. The second kappa shape index (κ2) is 7.20. The van der Waals surface area contributed by atoms with Crippen LogP contribution in [0.5, 0.6) is 0 Å². The molecule has 2 aliphatic rings. The molecule has 1 aliphatic carbocycles. The van der Waals surface area contributed by atoms with Crippen molar-refractivity contribution in [1.29, 1.82) is 0 Å². The molecule has 6 heteroatoms. The summed E-state index contributed by atoms with van der Waals surface area (Å²) in [7, 11) is 0. The molecule has 6 nitrogen and oxygen atoms in total. The van der Waals surface area contributed by atoms with Gasteiger partial charge in [0.15, 0.2) is 0 Å². The van der Waals surface area contributed by atoms with E-state index in [0.29, 0.717) is 19.0 Å². The van der Waals surface area contributed by atoms with Crippen LogP contribution in [0.25, 0.3) is 0 Å². The summed E-state index contributed by atoms with van der Waals surface area (Å²) in [5, 5.41) is 6.06. The number of fused-ring (bicyclic) bond motifs is 1. The largest absolute Gasteiger partial charge is 0.377 e. The van der Waals surface area contributed by atoms with Gasteiger partial charge in [0.05, 0.1) is 6.10 Å². The Bertz CT molecular complexity index is 683. The van der Waals surface area contributed by atoms with Gasteiger partial charge in [-0.2, -0.15) is 0 Å². The van der Waals surface area contributed by atoms with Crippen molar-refractivity contribution in [3.05, 3.63) is 34.2 Å². The molecule has 3 atom stereocenters. The fourth-order valence-corrected chi connectivity index (χ4v) is 4.32. The van der Waals surface area contributed by atoms with E-state index in [1.807, 2.05) is 13.0 Å². The van der Waals surface area contributed by atoms with Crippen molar-refractivity contribution in [1.82, 2.24) is 15.2 Å². The molecule has 0 aromatic carbocycles. The van der Waals surface area contributed by atoms with Crippen molar-refractivity contribution in [3.8, 4) is 0 Å². The molecular formula is C19H29N3O3. The zero-order valence-corrected chi connectivity index (χ0v) is 15.4. The van der Waals surface area contributed by atoms with E-state index in [9.17, 15) is 9.59 Å². The lowest BCUT2D eigenvalue weighted by atomic mass is 9.57. The average molecular weight is 347 g/mol. The highest BCUT2D eigenvalue weighted by Crippen LogP contribution is 2.51. The molecule has 3 rings (SSSR count). The topological polar surface area (TPSA) is 72.4 Å². The number of carbonyl (C=O) groups excluding carboxylic acids is 1. The predicted octanol–water partition coefficient (Wildman–Crippen LogP) is 2.05. The highest BCUT2D eigenvalue weighted by atomic mass is 16.5. The molecule has 25 heavy (non-hydrogen) atoms. The monoisotopic (exact) mass is 347 g/mol. The van der Waals surface area contributed by atoms with Crippen LogP contribution < -0.4 is 16.2 Å². The SMILES string of the molecule is Cc1cccc(=O)n1CCCCNC(=O)N[C@@H]1[C@H]2CCO[C@@H]2C1(C)C. The molecule has 0 unspecified atom stereocenters. The summed E-state index contributed by atoms with van der Waals surface area (Å²) in [6.07, 6.45) is 3.02. The van der Waals surface area contributed by atoms with Gasteiger partial charge in [0, 0.05) is 48.8 Å². The molecular weight excluding hydrogens is 318 g/mol. The van der Waals surface area contributed by atoms with Crippen LogP contribution in [-0.2, 0) is 11.3 Å². The van der Waals surface area contributed by atoms with Crippen LogP contribution in [0.1, 0.15) is 38.8 Å². The van der Waals surface area contributed by atoms with Gasteiger partial charge in [0.25, 0.3) is 5.56 Å². The molecule has 1 aliphatic heterocycles. The number of ether oxygens (including phenoxy) is 1. The maximum absolute atomic E-state index is 12.1. The average Bonchev–Trinajstić information content (AvgIpc) is 3.02. The number of carbonyl (C=O) groups is 1. The first-order chi connectivity index (χ1) is 11.9. The standard InChI is InChI=1S/C19H29N3O3/c1-13-7-6-8-15(23)22(13)11-5-4-10-20-18(24)21-16-14-9-12-25-17(14)19(16,2)3/h6-8,14,16-17H,4-5,9-12H2,1-3H3,(H2,20,21,24)/t14-,16-,17+/m1/s1. The van der Waals surface area contributed by atoms with Gasteiger partial charge in [-0.15, -0.1) is 0 Å². The first-order valence-corrected chi connectivity index (χ1v) is 9.23. The molecule has 2 fully saturated rings.